The highest BCUT2D eigenvalue weighted by atomic mass is 35.5. The number of nitrogens with one attached hydrogen (secondary N) is 1. The first-order valence-electron chi connectivity index (χ1n) is 5.34. The van der Waals surface area contributed by atoms with Crippen molar-refractivity contribution >= 4 is 41.8 Å². The Balaban J connectivity index is 0.00000225. The zero-order chi connectivity index (χ0) is 11.3. The van der Waals surface area contributed by atoms with Crippen LogP contribution in [0.5, 0.6) is 0 Å². The molecule has 1 heterocycles. The molecule has 3 unspecified atom stereocenters. The summed E-state index contributed by atoms with van der Waals surface area (Å²) < 4.78 is 0. The zero-order valence-electron chi connectivity index (χ0n) is 9.77. The second-order valence-corrected chi connectivity index (χ2v) is 6.52. The normalized spacial score (nSPS) is 24.1. The number of hydrogen-bond donors (Lipinski definition) is 2. The highest BCUT2D eigenvalue weighted by Gasteiger charge is 2.19. The fourth-order valence-electron chi connectivity index (χ4n) is 1.27. The third-order valence-corrected chi connectivity index (χ3v) is 5.44. The smallest absolute Gasteiger partial charge is 0.224 e. The number of nitrogens with two attached hydrogens (primary N) is 1. The van der Waals surface area contributed by atoms with Crippen LogP contribution in [-0.2, 0) is 4.79 Å². The number of hydrogen-bond acceptors (Lipinski definition) is 4. The second kappa shape index (κ2) is 8.50. The van der Waals surface area contributed by atoms with E-state index in [1.165, 1.54) is 11.5 Å². The molecule has 0 aromatic heterocycles. The van der Waals surface area contributed by atoms with Crippen LogP contribution in [0.25, 0.3) is 0 Å². The van der Waals surface area contributed by atoms with Gasteiger partial charge in [-0.15, -0.1) is 12.4 Å². The summed E-state index contributed by atoms with van der Waals surface area (Å²) in [7, 11) is 0. The lowest BCUT2D eigenvalue weighted by Crippen LogP contribution is -2.41. The number of amides is 1. The molecule has 0 bridgehead atoms. The molecule has 0 aromatic rings. The molecule has 1 rings (SSSR count). The summed E-state index contributed by atoms with van der Waals surface area (Å²) in [4.78, 5) is 11.6. The number of rotatable bonds is 4. The van der Waals surface area contributed by atoms with Crippen molar-refractivity contribution in [3.05, 3.63) is 0 Å². The lowest BCUT2D eigenvalue weighted by Gasteiger charge is -2.22. The van der Waals surface area contributed by atoms with Gasteiger partial charge >= 0.3 is 0 Å². The van der Waals surface area contributed by atoms with Crippen molar-refractivity contribution in [1.29, 1.82) is 0 Å². The van der Waals surface area contributed by atoms with Gasteiger partial charge in [0.2, 0.25) is 5.91 Å². The van der Waals surface area contributed by atoms with E-state index in [1.54, 1.807) is 0 Å². The fraction of sp³-hybridized carbons (Fsp3) is 0.900. The summed E-state index contributed by atoms with van der Waals surface area (Å²) in [6.07, 6.45) is 0. The summed E-state index contributed by atoms with van der Waals surface area (Å²) in [6, 6.07) is -0.0709. The van der Waals surface area contributed by atoms with E-state index in [1.807, 2.05) is 37.4 Å². The van der Waals surface area contributed by atoms with Gasteiger partial charge in [0, 0.05) is 41.0 Å². The van der Waals surface area contributed by atoms with Gasteiger partial charge in [-0.3, -0.25) is 4.79 Å². The first-order chi connectivity index (χ1) is 7.11. The minimum atomic E-state index is -0.0914. The molecular weight excluding hydrogens is 264 g/mol. The van der Waals surface area contributed by atoms with E-state index >= 15 is 0 Å². The van der Waals surface area contributed by atoms with Crippen molar-refractivity contribution < 1.29 is 4.79 Å². The van der Waals surface area contributed by atoms with Gasteiger partial charge in [0.05, 0.1) is 0 Å². The predicted octanol–water partition coefficient (Wildman–Crippen LogP) is 1.36. The molecule has 3 nitrogen and oxygen atoms in total. The quantitative estimate of drug-likeness (QED) is 0.818. The Morgan fingerprint density at radius 3 is 2.69 bits per heavy atom. The maximum Gasteiger partial charge on any atom is 0.224 e. The molecule has 1 amide bonds. The van der Waals surface area contributed by atoms with E-state index in [0.29, 0.717) is 5.25 Å². The van der Waals surface area contributed by atoms with Gasteiger partial charge in [-0.05, 0) is 6.92 Å². The molecule has 0 saturated carbocycles. The van der Waals surface area contributed by atoms with Crippen LogP contribution in [0, 0.1) is 5.92 Å². The Morgan fingerprint density at radius 2 is 2.19 bits per heavy atom. The molecule has 1 aliphatic heterocycles. The molecule has 0 radical (unpaired) electrons. The summed E-state index contributed by atoms with van der Waals surface area (Å²) >= 11 is 3.93. The van der Waals surface area contributed by atoms with Gasteiger partial charge in [0.25, 0.3) is 0 Å². The maximum atomic E-state index is 11.6. The van der Waals surface area contributed by atoms with Crippen LogP contribution >= 0.6 is 35.9 Å². The minimum Gasteiger partial charge on any atom is -0.355 e. The lowest BCUT2D eigenvalue weighted by molar-refractivity contribution is -0.124. The van der Waals surface area contributed by atoms with Gasteiger partial charge in [0.1, 0.15) is 0 Å². The summed E-state index contributed by atoms with van der Waals surface area (Å²) in [6.45, 7) is 4.53. The van der Waals surface area contributed by atoms with Gasteiger partial charge in [-0.1, -0.05) is 6.92 Å². The van der Waals surface area contributed by atoms with Crippen LogP contribution in [-0.4, -0.2) is 41.0 Å². The summed E-state index contributed by atoms with van der Waals surface area (Å²) in [5.74, 6) is 3.59. The van der Waals surface area contributed by atoms with Gasteiger partial charge < -0.3 is 11.1 Å². The molecule has 3 N–H and O–H groups in total. The van der Waals surface area contributed by atoms with Crippen molar-refractivity contribution in [2.75, 3.05) is 23.8 Å². The fourth-order valence-corrected chi connectivity index (χ4v) is 3.88. The van der Waals surface area contributed by atoms with Crippen molar-refractivity contribution in [3.63, 3.8) is 0 Å². The number of halogens is 1. The molecule has 3 atom stereocenters. The molecular formula is C10H21ClN2OS2. The van der Waals surface area contributed by atoms with Crippen LogP contribution in [0.4, 0.5) is 0 Å². The van der Waals surface area contributed by atoms with Crippen molar-refractivity contribution in [2.45, 2.75) is 25.1 Å². The van der Waals surface area contributed by atoms with Crippen molar-refractivity contribution in [2.24, 2.45) is 11.7 Å². The Bertz CT molecular complexity index is 211. The molecule has 0 spiro atoms. The third-order valence-electron chi connectivity index (χ3n) is 2.59. The Morgan fingerprint density at radius 1 is 1.50 bits per heavy atom. The topological polar surface area (TPSA) is 55.1 Å². The molecule has 1 fully saturated rings. The molecule has 96 valence electrons. The van der Waals surface area contributed by atoms with Crippen LogP contribution in [0.1, 0.15) is 13.8 Å². The van der Waals surface area contributed by atoms with Gasteiger partial charge in [-0.25, -0.2) is 0 Å². The zero-order valence-corrected chi connectivity index (χ0v) is 12.2. The van der Waals surface area contributed by atoms with Gasteiger partial charge in [0.15, 0.2) is 0 Å². The number of carbonyl (C=O) groups is 1. The summed E-state index contributed by atoms with van der Waals surface area (Å²) in [5.41, 5.74) is 5.68. The number of thioether (sulfide) groups is 2. The van der Waals surface area contributed by atoms with Crippen molar-refractivity contribution in [3.8, 4) is 0 Å². The predicted molar refractivity (Wildman–Crippen MR) is 76.6 cm³/mol. The molecule has 0 aromatic carbocycles. The first kappa shape index (κ1) is 16.4. The van der Waals surface area contributed by atoms with Crippen LogP contribution < -0.4 is 11.1 Å². The van der Waals surface area contributed by atoms with E-state index in [2.05, 4.69) is 5.32 Å². The standard InChI is InChI=1S/C10H20N2OS2.ClH/c1-7(8(2)11)10(13)12-5-9-6-14-3-4-15-9;/h7-9H,3-6,11H2,1-2H3,(H,12,13);1H. The SMILES string of the molecule is CC(N)C(C)C(=O)NCC1CSCCS1.Cl. The molecule has 0 aliphatic carbocycles. The highest BCUT2D eigenvalue weighted by Crippen LogP contribution is 2.23. The Kier molecular flexibility index (Phi) is 8.73. The van der Waals surface area contributed by atoms with E-state index < -0.39 is 0 Å². The van der Waals surface area contributed by atoms with Gasteiger partial charge in [-0.2, -0.15) is 23.5 Å². The van der Waals surface area contributed by atoms with E-state index in [-0.39, 0.29) is 30.3 Å². The lowest BCUT2D eigenvalue weighted by atomic mass is 10.0. The largest absolute Gasteiger partial charge is 0.355 e. The Labute approximate surface area is 112 Å². The Hall–Kier alpha value is 0.420. The second-order valence-electron chi connectivity index (χ2n) is 3.96. The van der Waals surface area contributed by atoms with Crippen molar-refractivity contribution in [1.82, 2.24) is 5.32 Å². The van der Waals surface area contributed by atoms with Crippen LogP contribution in [0.3, 0.4) is 0 Å². The summed E-state index contributed by atoms with van der Waals surface area (Å²) in [5, 5.41) is 3.56. The average molecular weight is 285 g/mol. The van der Waals surface area contributed by atoms with E-state index in [0.717, 1.165) is 12.3 Å². The third kappa shape index (κ3) is 5.66. The number of carbonyl (C=O) groups excluding carboxylic acids is 1. The molecule has 6 heteroatoms. The van der Waals surface area contributed by atoms with Crippen LogP contribution in [0.15, 0.2) is 0 Å². The first-order valence-corrected chi connectivity index (χ1v) is 7.54. The highest BCUT2D eigenvalue weighted by molar-refractivity contribution is 8.06. The molecule has 16 heavy (non-hydrogen) atoms. The minimum absolute atomic E-state index is 0. The van der Waals surface area contributed by atoms with Crippen LogP contribution in [0.2, 0.25) is 0 Å². The molecule has 1 aliphatic rings. The molecule has 1 saturated heterocycles. The monoisotopic (exact) mass is 284 g/mol. The average Bonchev–Trinajstić information content (AvgIpc) is 2.26. The van der Waals surface area contributed by atoms with E-state index in [4.69, 9.17) is 5.73 Å². The van der Waals surface area contributed by atoms with E-state index in [9.17, 15) is 4.79 Å². The maximum absolute atomic E-state index is 11.6.